The lowest BCUT2D eigenvalue weighted by molar-refractivity contribution is 0.768. The molecule has 394 valence electrons. The number of nitrogens with zero attached hydrogens (tertiary/aromatic N) is 2. The van der Waals surface area contributed by atoms with Crippen LogP contribution in [-0.4, -0.2) is 4.57 Å². The van der Waals surface area contributed by atoms with Crippen molar-refractivity contribution in [2.24, 2.45) is 0 Å². The molecule has 0 saturated heterocycles. The number of thiophene rings is 1. The van der Waals surface area contributed by atoms with Crippen LogP contribution in [0.2, 0.25) is 0 Å². The fraction of sp³-hybridized carbons (Fsp3) is 0.0244. The summed E-state index contributed by atoms with van der Waals surface area (Å²) in [6, 6.07) is 116. The molecule has 0 amide bonds. The minimum absolute atomic E-state index is 0.558. The summed E-state index contributed by atoms with van der Waals surface area (Å²) in [4.78, 5) is 2.67. The number of aromatic nitrogens is 1. The number of rotatable bonds is 7. The SMILES string of the molecule is c1ccc(C2(c3ccccc3)c3ccccc3-c3cc(N(c4ccc5c(c4)sc4ccccc45)c4cc5c6ccccc6n6c5c5c4C(c4ccc7ccccc7c4)(c4cccc7ccccc47)c4cccc(c4-5)-c4ccccc4-6)ccc32)cc1. The molecule has 2 aromatic heterocycles. The second-order valence-electron chi connectivity index (χ2n) is 23.3. The fourth-order valence-electron chi connectivity index (χ4n) is 16.1. The van der Waals surface area contributed by atoms with Crippen LogP contribution >= 0.6 is 11.3 Å². The molecule has 19 rings (SSSR count). The quantitative estimate of drug-likeness (QED) is 0.154. The second kappa shape index (κ2) is 17.5. The van der Waals surface area contributed by atoms with Crippen LogP contribution in [-0.2, 0) is 10.8 Å². The summed E-state index contributed by atoms with van der Waals surface area (Å²) in [5, 5.41) is 9.89. The van der Waals surface area contributed by atoms with E-state index < -0.39 is 10.8 Å². The largest absolute Gasteiger partial charge is 0.310 e. The highest BCUT2D eigenvalue weighted by Crippen LogP contribution is 2.67. The Hall–Kier alpha value is -10.6. The number of hydrogen-bond acceptors (Lipinski definition) is 2. The minimum atomic E-state index is -0.859. The lowest BCUT2D eigenvalue weighted by Crippen LogP contribution is -2.31. The second-order valence-corrected chi connectivity index (χ2v) is 24.4. The summed E-state index contributed by atoms with van der Waals surface area (Å²) >= 11 is 1.88. The van der Waals surface area contributed by atoms with Crippen molar-refractivity contribution in [3.8, 4) is 39.1 Å². The first-order valence-corrected chi connectivity index (χ1v) is 30.4. The van der Waals surface area contributed by atoms with Crippen molar-refractivity contribution in [2.45, 2.75) is 10.8 Å². The van der Waals surface area contributed by atoms with Crippen molar-refractivity contribution >= 4 is 91.9 Å². The number of fused-ring (bicyclic) bond motifs is 14. The van der Waals surface area contributed by atoms with Gasteiger partial charge in [0.25, 0.3) is 0 Å². The third-order valence-electron chi connectivity index (χ3n) is 19.4. The molecule has 1 unspecified atom stereocenters. The van der Waals surface area contributed by atoms with Gasteiger partial charge >= 0.3 is 0 Å². The van der Waals surface area contributed by atoms with Crippen LogP contribution in [0.5, 0.6) is 0 Å². The van der Waals surface area contributed by atoms with Gasteiger partial charge in [0, 0.05) is 59.0 Å². The van der Waals surface area contributed by atoms with Crippen molar-refractivity contribution in [1.29, 1.82) is 0 Å². The van der Waals surface area contributed by atoms with E-state index in [0.717, 1.165) is 17.1 Å². The third kappa shape index (κ3) is 6.17. The Morgan fingerprint density at radius 3 is 1.75 bits per heavy atom. The van der Waals surface area contributed by atoms with E-state index in [1.807, 2.05) is 11.3 Å². The van der Waals surface area contributed by atoms with Gasteiger partial charge in [-0.15, -0.1) is 11.3 Å². The van der Waals surface area contributed by atoms with E-state index in [4.69, 9.17) is 0 Å². The zero-order chi connectivity index (χ0) is 55.5. The molecule has 0 spiro atoms. The molecule has 1 aliphatic heterocycles. The normalized spacial score (nSPS) is 15.0. The van der Waals surface area contributed by atoms with E-state index in [0.29, 0.717) is 0 Å². The van der Waals surface area contributed by atoms with Gasteiger partial charge in [-0.1, -0.05) is 249 Å². The smallest absolute Gasteiger partial charge is 0.0741 e. The predicted octanol–water partition coefficient (Wildman–Crippen LogP) is 21.6. The molecular formula is C82H50N2S. The Balaban J connectivity index is 1.02. The maximum absolute atomic E-state index is 2.67. The maximum atomic E-state index is 2.67. The highest BCUT2D eigenvalue weighted by atomic mass is 32.1. The van der Waals surface area contributed by atoms with Crippen LogP contribution in [0.4, 0.5) is 17.1 Å². The monoisotopic (exact) mass is 1090 g/mol. The van der Waals surface area contributed by atoms with Crippen molar-refractivity contribution in [1.82, 2.24) is 4.57 Å². The molecule has 3 heterocycles. The zero-order valence-electron chi connectivity index (χ0n) is 46.2. The fourth-order valence-corrected chi connectivity index (χ4v) is 17.3. The Labute approximate surface area is 496 Å². The average molecular weight is 1100 g/mol. The lowest BCUT2D eigenvalue weighted by atomic mass is 9.65. The predicted molar refractivity (Wildman–Crippen MR) is 357 cm³/mol. The number of para-hydroxylation sites is 2. The zero-order valence-corrected chi connectivity index (χ0v) is 47.0. The van der Waals surface area contributed by atoms with Crippen molar-refractivity contribution < 1.29 is 0 Å². The topological polar surface area (TPSA) is 8.17 Å². The van der Waals surface area contributed by atoms with Crippen molar-refractivity contribution in [2.75, 3.05) is 4.90 Å². The molecule has 0 saturated carbocycles. The van der Waals surface area contributed by atoms with Crippen LogP contribution in [0.15, 0.2) is 303 Å². The van der Waals surface area contributed by atoms with E-state index in [-0.39, 0.29) is 0 Å². The van der Waals surface area contributed by atoms with Gasteiger partial charge in [0.15, 0.2) is 0 Å². The molecule has 2 nitrogen and oxygen atoms in total. The van der Waals surface area contributed by atoms with Gasteiger partial charge in [0.1, 0.15) is 0 Å². The van der Waals surface area contributed by atoms with Crippen molar-refractivity contribution in [3.63, 3.8) is 0 Å². The molecule has 1 atom stereocenters. The van der Waals surface area contributed by atoms with Gasteiger partial charge < -0.3 is 9.47 Å². The van der Waals surface area contributed by atoms with Crippen LogP contribution in [0.3, 0.4) is 0 Å². The Bertz CT molecular complexity index is 5470. The first kappa shape index (κ1) is 47.0. The highest BCUT2D eigenvalue weighted by Gasteiger charge is 2.53. The Kier molecular flexibility index (Phi) is 9.66. The van der Waals surface area contributed by atoms with E-state index in [1.165, 1.54) is 147 Å². The minimum Gasteiger partial charge on any atom is -0.310 e. The third-order valence-corrected chi connectivity index (χ3v) is 20.5. The molecule has 0 radical (unpaired) electrons. The van der Waals surface area contributed by atoms with E-state index >= 15 is 0 Å². The molecule has 85 heavy (non-hydrogen) atoms. The van der Waals surface area contributed by atoms with Gasteiger partial charge in [-0.2, -0.15) is 0 Å². The molecule has 14 aromatic carbocycles. The molecule has 2 aliphatic carbocycles. The van der Waals surface area contributed by atoms with Crippen LogP contribution in [0.1, 0.15) is 44.5 Å². The van der Waals surface area contributed by atoms with E-state index in [9.17, 15) is 0 Å². The van der Waals surface area contributed by atoms with Crippen LogP contribution in [0.25, 0.3) is 103 Å². The Morgan fingerprint density at radius 1 is 0.306 bits per heavy atom. The van der Waals surface area contributed by atoms with Crippen molar-refractivity contribution in [3.05, 3.63) is 348 Å². The Morgan fingerprint density at radius 2 is 0.906 bits per heavy atom. The van der Waals surface area contributed by atoms with Gasteiger partial charge in [0.05, 0.1) is 33.2 Å². The van der Waals surface area contributed by atoms with Crippen LogP contribution in [0, 0.1) is 0 Å². The molecule has 3 aliphatic rings. The lowest BCUT2D eigenvalue weighted by Gasteiger charge is -2.39. The first-order chi connectivity index (χ1) is 42.2. The first-order valence-electron chi connectivity index (χ1n) is 29.6. The summed E-state index contributed by atoms with van der Waals surface area (Å²) in [7, 11) is 0. The summed E-state index contributed by atoms with van der Waals surface area (Å²) in [6.45, 7) is 0. The molecule has 0 N–H and O–H groups in total. The summed E-state index contributed by atoms with van der Waals surface area (Å²) in [5.74, 6) is 0. The maximum Gasteiger partial charge on any atom is 0.0741 e. The molecule has 0 fully saturated rings. The van der Waals surface area contributed by atoms with Gasteiger partial charge in [-0.25, -0.2) is 0 Å². The van der Waals surface area contributed by atoms with Gasteiger partial charge in [-0.3, -0.25) is 0 Å². The molecule has 0 bridgehead atoms. The average Bonchev–Trinajstić information content (AvgIpc) is 1.54. The standard InChI is InChI=1S/C82H50N2S/c1-3-25-54(26-4-1)81(55-27-5-2-6-28-55)69-35-15-11-30-60(69)66-48-57(44-46-70(66)81)83(58-43-45-64-63-33-14-18-40-75(63)85-76(64)49-58)74-50-67-62-32-13-17-39-73(62)84-72-38-16-12-31-61(72)65-34-20-37-71-77(65)78(80(67)84)79(74)82(71,56-42-41-51-21-7-8-23-53(51)47-56)68-36-19-24-52-22-9-10-29-59(52)68/h1-50H. The number of anilines is 3. The van der Waals surface area contributed by atoms with Crippen LogP contribution < -0.4 is 4.90 Å². The van der Waals surface area contributed by atoms with E-state index in [2.05, 4.69) is 313 Å². The highest BCUT2D eigenvalue weighted by molar-refractivity contribution is 7.25. The molecular weight excluding hydrogens is 1040 g/mol. The summed E-state index contributed by atoms with van der Waals surface area (Å²) < 4.78 is 5.15. The summed E-state index contributed by atoms with van der Waals surface area (Å²) in [6.07, 6.45) is 0. The van der Waals surface area contributed by atoms with E-state index in [1.54, 1.807) is 0 Å². The number of hydrogen-bond donors (Lipinski definition) is 0. The summed E-state index contributed by atoms with van der Waals surface area (Å²) in [5.41, 5.74) is 23.2. The molecule has 16 aromatic rings. The number of benzene rings is 14. The van der Waals surface area contributed by atoms with Gasteiger partial charge in [-0.05, 0) is 137 Å². The molecule has 3 heteroatoms. The van der Waals surface area contributed by atoms with Gasteiger partial charge in [0.2, 0.25) is 0 Å².